The summed E-state index contributed by atoms with van der Waals surface area (Å²) >= 11 is 13.5. The number of amidine groups is 1. The molecule has 0 radical (unpaired) electrons. The number of aromatic nitrogens is 2. The van der Waals surface area contributed by atoms with E-state index in [2.05, 4.69) is 20.3 Å². The number of aliphatic imine (C=N–C) groups is 1. The number of carbonyl (C=O) groups excluding carboxylic acids is 1. The Hall–Kier alpha value is -3.35. The van der Waals surface area contributed by atoms with E-state index in [1.807, 2.05) is 18.2 Å². The van der Waals surface area contributed by atoms with Crippen molar-refractivity contribution in [1.29, 1.82) is 0 Å². The van der Waals surface area contributed by atoms with E-state index in [0.29, 0.717) is 31.6 Å². The van der Waals surface area contributed by atoms with Crippen LogP contribution in [-0.2, 0) is 9.59 Å². The van der Waals surface area contributed by atoms with Crippen molar-refractivity contribution in [2.75, 3.05) is 11.1 Å². The number of nitrogens with one attached hydrogen (secondary N) is 1. The van der Waals surface area contributed by atoms with Gasteiger partial charge in [0.25, 0.3) is 5.91 Å². The molecule has 1 aliphatic rings. The van der Waals surface area contributed by atoms with Crippen LogP contribution in [0.3, 0.4) is 0 Å². The monoisotopic (exact) mass is 529 g/mol. The maximum atomic E-state index is 12.2. The number of thioether (sulfide) groups is 1. The van der Waals surface area contributed by atoms with Gasteiger partial charge in [-0.1, -0.05) is 35.3 Å². The molecule has 0 fully saturated rings. The molecule has 176 valence electrons. The van der Waals surface area contributed by atoms with Crippen molar-refractivity contribution in [3.63, 3.8) is 0 Å². The van der Waals surface area contributed by atoms with Gasteiger partial charge in [-0.2, -0.15) is 18.2 Å². The molecule has 0 atom stereocenters. The second-order valence-corrected chi connectivity index (χ2v) is 8.24. The number of nitrogen functional groups attached to an aromatic ring is 1. The number of alkyl halides is 3. The van der Waals surface area contributed by atoms with Crippen molar-refractivity contribution in [2.45, 2.75) is 6.18 Å². The molecular formula is C20H12Cl2F3N5O3S. The molecule has 0 spiro atoms. The third-order valence-electron chi connectivity index (χ3n) is 4.05. The number of aliphatic carboxylic acids is 1. The van der Waals surface area contributed by atoms with Crippen LogP contribution in [0.25, 0.3) is 17.0 Å². The molecule has 4 rings (SSSR count). The van der Waals surface area contributed by atoms with Crippen molar-refractivity contribution < 1.29 is 27.9 Å². The first-order valence-electron chi connectivity index (χ1n) is 8.99. The fourth-order valence-electron chi connectivity index (χ4n) is 2.52. The average molecular weight is 530 g/mol. The number of nitrogens with zero attached hydrogens (tertiary/aromatic N) is 3. The minimum atomic E-state index is -5.08. The molecule has 1 amide bonds. The van der Waals surface area contributed by atoms with Gasteiger partial charge in [-0.05, 0) is 47.7 Å². The Kier molecular flexibility index (Phi) is 7.64. The zero-order valence-corrected chi connectivity index (χ0v) is 18.9. The van der Waals surface area contributed by atoms with E-state index >= 15 is 0 Å². The molecule has 8 nitrogen and oxygen atoms in total. The third kappa shape index (κ3) is 6.16. The summed E-state index contributed by atoms with van der Waals surface area (Å²) in [5, 5.41) is 12.2. The van der Waals surface area contributed by atoms with E-state index in [4.69, 9.17) is 38.8 Å². The highest BCUT2D eigenvalue weighted by molar-refractivity contribution is 8.18. The van der Waals surface area contributed by atoms with Gasteiger partial charge in [-0.3, -0.25) is 4.79 Å². The lowest BCUT2D eigenvalue weighted by molar-refractivity contribution is -0.192. The van der Waals surface area contributed by atoms with E-state index in [1.54, 1.807) is 24.3 Å². The summed E-state index contributed by atoms with van der Waals surface area (Å²) in [6, 6.07) is 10.7. The van der Waals surface area contributed by atoms with Crippen molar-refractivity contribution in [3.8, 4) is 0 Å². The fourth-order valence-corrected chi connectivity index (χ4v) is 3.83. The quantitative estimate of drug-likeness (QED) is 0.384. The normalized spacial score (nSPS) is 14.6. The predicted octanol–water partition coefficient (Wildman–Crippen LogP) is 5.23. The summed E-state index contributed by atoms with van der Waals surface area (Å²) < 4.78 is 31.7. The van der Waals surface area contributed by atoms with Crippen LogP contribution in [0.4, 0.5) is 24.7 Å². The van der Waals surface area contributed by atoms with Gasteiger partial charge in [0.05, 0.1) is 26.2 Å². The van der Waals surface area contributed by atoms with E-state index < -0.39 is 12.1 Å². The van der Waals surface area contributed by atoms with Crippen LogP contribution in [0.15, 0.2) is 52.6 Å². The van der Waals surface area contributed by atoms with Crippen molar-refractivity contribution in [3.05, 3.63) is 63.2 Å². The molecule has 2 heterocycles. The van der Waals surface area contributed by atoms with Crippen molar-refractivity contribution in [2.24, 2.45) is 4.99 Å². The highest BCUT2D eigenvalue weighted by Crippen LogP contribution is 2.34. The second-order valence-electron chi connectivity index (χ2n) is 6.39. The van der Waals surface area contributed by atoms with Gasteiger partial charge in [0.15, 0.2) is 5.17 Å². The molecule has 14 heteroatoms. The number of carboxylic acids is 1. The lowest BCUT2D eigenvalue weighted by atomic mass is 10.1. The van der Waals surface area contributed by atoms with Crippen molar-refractivity contribution >= 4 is 80.5 Å². The number of hydrogen-bond acceptors (Lipinski definition) is 7. The first kappa shape index (κ1) is 25.3. The van der Waals surface area contributed by atoms with E-state index in [0.717, 1.165) is 16.5 Å². The van der Waals surface area contributed by atoms with E-state index in [9.17, 15) is 18.0 Å². The number of rotatable bonds is 2. The number of anilines is 2. The molecule has 4 N–H and O–H groups in total. The Bertz CT molecular complexity index is 1330. The zero-order valence-electron chi connectivity index (χ0n) is 16.6. The summed E-state index contributed by atoms with van der Waals surface area (Å²) in [7, 11) is 0. The summed E-state index contributed by atoms with van der Waals surface area (Å²) in [4.78, 5) is 33.8. The number of hydrogen-bond donors (Lipinski definition) is 3. The Morgan fingerprint density at radius 3 is 2.41 bits per heavy atom. The number of carbonyl (C=O) groups is 2. The summed E-state index contributed by atoms with van der Waals surface area (Å²) in [5.74, 6) is -2.71. The Morgan fingerprint density at radius 1 is 1.15 bits per heavy atom. The van der Waals surface area contributed by atoms with Gasteiger partial charge in [0.2, 0.25) is 0 Å². The third-order valence-corrected chi connectivity index (χ3v) is 5.57. The molecule has 1 aliphatic heterocycles. The van der Waals surface area contributed by atoms with Crippen LogP contribution in [-0.4, -0.2) is 38.3 Å². The summed E-state index contributed by atoms with van der Waals surface area (Å²) in [6.07, 6.45) is -1.93. The molecule has 0 aliphatic carbocycles. The summed E-state index contributed by atoms with van der Waals surface area (Å²) in [5.41, 5.74) is 7.94. The second kappa shape index (κ2) is 10.3. The lowest BCUT2D eigenvalue weighted by Crippen LogP contribution is -2.21. The van der Waals surface area contributed by atoms with Crippen LogP contribution in [0.5, 0.6) is 0 Å². The van der Waals surface area contributed by atoms with Gasteiger partial charge < -0.3 is 16.2 Å². The molecule has 3 aromatic rings. The molecule has 0 saturated heterocycles. The van der Waals surface area contributed by atoms with Crippen LogP contribution in [0.2, 0.25) is 10.0 Å². The maximum Gasteiger partial charge on any atom is 0.490 e. The lowest BCUT2D eigenvalue weighted by Gasteiger charge is -2.08. The zero-order chi connectivity index (χ0) is 25.0. The maximum absolute atomic E-state index is 12.2. The van der Waals surface area contributed by atoms with Gasteiger partial charge in [-0.15, -0.1) is 0 Å². The number of halogens is 5. The predicted molar refractivity (Wildman–Crippen MR) is 126 cm³/mol. The minimum Gasteiger partial charge on any atom is -0.475 e. The van der Waals surface area contributed by atoms with E-state index in [1.165, 1.54) is 18.1 Å². The minimum absolute atomic E-state index is 0.344. The molecule has 1 aromatic heterocycles. The number of carboxylic acid groups (broad SMARTS) is 1. The molecule has 0 unspecified atom stereocenters. The fraction of sp³-hybridized carbons (Fsp3) is 0.0500. The number of amides is 1. The van der Waals surface area contributed by atoms with Gasteiger partial charge in [0.1, 0.15) is 12.1 Å². The van der Waals surface area contributed by atoms with Gasteiger partial charge >= 0.3 is 12.1 Å². The van der Waals surface area contributed by atoms with Crippen LogP contribution < -0.4 is 11.1 Å². The molecular weight excluding hydrogens is 518 g/mol. The first-order chi connectivity index (χ1) is 16.0. The molecule has 34 heavy (non-hydrogen) atoms. The standard InChI is InChI=1S/C18H11Cl2N5OS.C2HF3O2/c19-11-2-1-3-12(20)15(11)24-18-25-17(26)14(27-18)7-9-4-5-13-10(6-9)16(21)23-8-22-13;3-2(4,5)1(6)7/h1-8H,(H2,21,22,23)(H,24,25,26);(H,6,7). The molecule has 0 bridgehead atoms. The Morgan fingerprint density at radius 2 is 1.79 bits per heavy atom. The van der Waals surface area contributed by atoms with Crippen LogP contribution >= 0.6 is 35.0 Å². The highest BCUT2D eigenvalue weighted by atomic mass is 35.5. The number of para-hydroxylation sites is 1. The Balaban J connectivity index is 0.000000406. The van der Waals surface area contributed by atoms with Crippen LogP contribution in [0, 0.1) is 0 Å². The van der Waals surface area contributed by atoms with Crippen molar-refractivity contribution in [1.82, 2.24) is 9.97 Å². The SMILES string of the molecule is Nc1ncnc2ccc(C=C3SC(Nc4c(Cl)cccc4Cl)=NC3=O)cc12.O=C(O)C(F)(F)F. The summed E-state index contributed by atoms with van der Waals surface area (Å²) in [6.45, 7) is 0. The molecule has 2 aromatic carbocycles. The Labute approximate surface area is 203 Å². The van der Waals surface area contributed by atoms with Gasteiger partial charge in [-0.25, -0.2) is 14.8 Å². The average Bonchev–Trinajstić information content (AvgIpc) is 3.10. The topological polar surface area (TPSA) is 131 Å². The van der Waals surface area contributed by atoms with Crippen LogP contribution in [0.1, 0.15) is 5.56 Å². The number of nitrogens with two attached hydrogens (primary N) is 1. The smallest absolute Gasteiger partial charge is 0.475 e. The number of fused-ring (bicyclic) bond motifs is 1. The van der Waals surface area contributed by atoms with E-state index in [-0.39, 0.29) is 5.91 Å². The largest absolute Gasteiger partial charge is 0.490 e. The van der Waals surface area contributed by atoms with Gasteiger partial charge in [0, 0.05) is 5.39 Å². The highest BCUT2D eigenvalue weighted by Gasteiger charge is 2.38. The number of benzene rings is 2. The first-order valence-corrected chi connectivity index (χ1v) is 10.6. The molecule has 0 saturated carbocycles.